The van der Waals surface area contributed by atoms with E-state index < -0.39 is 0 Å². The Morgan fingerprint density at radius 1 is 0.967 bits per heavy atom. The number of nitrogens with zero attached hydrogens (tertiary/aromatic N) is 3. The van der Waals surface area contributed by atoms with Crippen LogP contribution in [0, 0.1) is 0 Å². The maximum atomic E-state index is 9.70. The molecule has 0 saturated heterocycles. The zero-order valence-corrected chi connectivity index (χ0v) is 18.3. The topological polar surface area (TPSA) is 63.0 Å². The first-order valence-corrected chi connectivity index (χ1v) is 11.3. The van der Waals surface area contributed by atoms with Gasteiger partial charge in [-0.3, -0.25) is 0 Å². The van der Waals surface area contributed by atoms with Gasteiger partial charge in [-0.15, -0.1) is 10.2 Å². The summed E-state index contributed by atoms with van der Waals surface area (Å²) >= 11 is 0. The highest BCUT2D eigenvalue weighted by Crippen LogP contribution is 2.20. The van der Waals surface area contributed by atoms with Gasteiger partial charge < -0.3 is 10.4 Å². The van der Waals surface area contributed by atoms with Crippen LogP contribution in [0.25, 0.3) is 16.7 Å². The first kappa shape index (κ1) is 21.9. The van der Waals surface area contributed by atoms with Crippen LogP contribution in [0.4, 0.5) is 0 Å². The van der Waals surface area contributed by atoms with Crippen LogP contribution in [0.3, 0.4) is 0 Å². The molecule has 3 aromatic rings. The molecule has 2 aromatic carbocycles. The molecule has 1 aromatic heterocycles. The third kappa shape index (κ3) is 6.09. The van der Waals surface area contributed by atoms with Gasteiger partial charge in [0.25, 0.3) is 0 Å². The van der Waals surface area contributed by atoms with Crippen LogP contribution in [-0.2, 0) is 13.0 Å². The van der Waals surface area contributed by atoms with Crippen LogP contribution in [0.1, 0.15) is 69.9 Å². The van der Waals surface area contributed by atoms with Gasteiger partial charge in [-0.25, -0.2) is 0 Å². The molecule has 160 valence electrons. The average molecular weight is 407 g/mol. The second-order valence-corrected chi connectivity index (χ2v) is 7.83. The molecule has 0 bridgehead atoms. The molecule has 5 heteroatoms. The molecule has 1 heterocycles. The number of hydrogen-bond acceptors (Lipinski definition) is 4. The first-order chi connectivity index (χ1) is 14.7. The van der Waals surface area contributed by atoms with Crippen LogP contribution in [0.5, 0.6) is 0 Å². The van der Waals surface area contributed by atoms with Crippen molar-refractivity contribution in [1.82, 2.24) is 20.3 Å². The summed E-state index contributed by atoms with van der Waals surface area (Å²) in [5, 5.41) is 22.3. The smallest absolute Gasteiger partial charge is 0.113 e. The van der Waals surface area contributed by atoms with Gasteiger partial charge >= 0.3 is 0 Å². The highest BCUT2D eigenvalue weighted by Gasteiger charge is 2.10. The lowest BCUT2D eigenvalue weighted by molar-refractivity contribution is 0.389. The third-order valence-corrected chi connectivity index (χ3v) is 5.39. The summed E-state index contributed by atoms with van der Waals surface area (Å²) in [6, 6.07) is 14.5. The third-order valence-electron chi connectivity index (χ3n) is 5.39. The van der Waals surface area contributed by atoms with E-state index in [1.807, 2.05) is 31.2 Å². The lowest BCUT2D eigenvalue weighted by atomic mass is 10.0. The Hall–Kier alpha value is -2.82. The summed E-state index contributed by atoms with van der Waals surface area (Å²) in [6.45, 7) is 4.79. The molecule has 0 spiro atoms. The summed E-state index contributed by atoms with van der Waals surface area (Å²) < 4.78 is 0. The molecular weight excluding hydrogens is 372 g/mol. The average Bonchev–Trinajstić information content (AvgIpc) is 3.20. The van der Waals surface area contributed by atoms with Gasteiger partial charge in [0.1, 0.15) is 16.8 Å². The minimum absolute atomic E-state index is 0.346. The van der Waals surface area contributed by atoms with Crippen molar-refractivity contribution in [3.05, 3.63) is 65.6 Å². The van der Waals surface area contributed by atoms with E-state index in [4.69, 9.17) is 0 Å². The number of benzene rings is 2. The summed E-state index contributed by atoms with van der Waals surface area (Å²) in [7, 11) is 0. The van der Waals surface area contributed by atoms with Crippen molar-refractivity contribution < 1.29 is 5.11 Å². The van der Waals surface area contributed by atoms with E-state index in [9.17, 15) is 5.11 Å². The molecule has 0 aliphatic carbocycles. The Labute approximate surface area is 179 Å². The number of rotatable bonds is 12. The first-order valence-electron chi connectivity index (χ1n) is 11.3. The summed E-state index contributed by atoms with van der Waals surface area (Å²) in [6.07, 6.45) is 11.1. The van der Waals surface area contributed by atoms with Crippen molar-refractivity contribution in [3.8, 4) is 5.69 Å². The van der Waals surface area contributed by atoms with Gasteiger partial charge in [-0.05, 0) is 42.2 Å². The molecule has 5 nitrogen and oxygen atoms in total. The molecule has 0 saturated carbocycles. The molecule has 0 radical (unpaired) electrons. The predicted octanol–water partition coefficient (Wildman–Crippen LogP) is 6.22. The number of aromatic nitrogens is 3. The highest BCUT2D eigenvalue weighted by atomic mass is 16.3. The standard InChI is InChI=1S/C25H34N4O/c1-3-5-6-7-8-9-12-20-15-16-21(18-26-19-22(30)4-2)25(17-20)29-27-23-13-10-11-14-24(23)28-29/h10-11,13-17,19,26,30H,3-9,12,18H2,1-2H3. The number of unbranched alkanes of at least 4 members (excludes halogenated alkanes) is 5. The van der Waals surface area contributed by atoms with Gasteiger partial charge in [-0.1, -0.05) is 70.2 Å². The van der Waals surface area contributed by atoms with Crippen molar-refractivity contribution in [1.29, 1.82) is 0 Å². The van der Waals surface area contributed by atoms with Gasteiger partial charge in [0, 0.05) is 19.2 Å². The van der Waals surface area contributed by atoms with Crippen molar-refractivity contribution >= 4 is 11.0 Å². The number of aliphatic hydroxyl groups excluding tert-OH is 1. The van der Waals surface area contributed by atoms with E-state index in [0.717, 1.165) is 28.7 Å². The van der Waals surface area contributed by atoms with Crippen LogP contribution < -0.4 is 5.32 Å². The zero-order chi connectivity index (χ0) is 21.2. The summed E-state index contributed by atoms with van der Waals surface area (Å²) in [4.78, 5) is 1.75. The quantitative estimate of drug-likeness (QED) is 0.277. The predicted molar refractivity (Wildman–Crippen MR) is 124 cm³/mol. The lowest BCUT2D eigenvalue weighted by Gasteiger charge is -2.12. The minimum Gasteiger partial charge on any atom is -0.511 e. The molecule has 0 fully saturated rings. The fourth-order valence-electron chi connectivity index (χ4n) is 3.56. The molecular formula is C25H34N4O. The van der Waals surface area contributed by atoms with E-state index >= 15 is 0 Å². The Kier molecular flexibility index (Phi) is 8.30. The van der Waals surface area contributed by atoms with Crippen LogP contribution in [0.15, 0.2) is 54.4 Å². The van der Waals surface area contributed by atoms with Crippen molar-refractivity contribution in [3.63, 3.8) is 0 Å². The van der Waals surface area contributed by atoms with Gasteiger partial charge in [-0.2, -0.15) is 4.80 Å². The number of hydrogen-bond donors (Lipinski definition) is 2. The number of fused-ring (bicyclic) bond motifs is 1. The second-order valence-electron chi connectivity index (χ2n) is 7.83. The van der Waals surface area contributed by atoms with E-state index in [2.05, 4.69) is 40.6 Å². The maximum Gasteiger partial charge on any atom is 0.113 e. The van der Waals surface area contributed by atoms with Crippen molar-refractivity contribution in [2.24, 2.45) is 0 Å². The van der Waals surface area contributed by atoms with Crippen LogP contribution in [0.2, 0.25) is 0 Å². The number of aliphatic hydroxyl groups is 1. The molecule has 0 atom stereocenters. The molecule has 30 heavy (non-hydrogen) atoms. The monoisotopic (exact) mass is 406 g/mol. The molecule has 0 aliphatic heterocycles. The highest BCUT2D eigenvalue weighted by molar-refractivity contribution is 5.73. The molecule has 0 aliphatic rings. The van der Waals surface area contributed by atoms with Crippen molar-refractivity contribution in [2.45, 2.75) is 71.8 Å². The van der Waals surface area contributed by atoms with Crippen molar-refractivity contribution in [2.75, 3.05) is 0 Å². The number of allylic oxidation sites excluding steroid dienone is 1. The lowest BCUT2D eigenvalue weighted by Crippen LogP contribution is -2.11. The Morgan fingerprint density at radius 3 is 2.37 bits per heavy atom. The van der Waals surface area contributed by atoms with Gasteiger partial charge in [0.2, 0.25) is 0 Å². The van der Waals surface area contributed by atoms with Gasteiger partial charge in [0.15, 0.2) is 0 Å². The maximum absolute atomic E-state index is 9.70. The van der Waals surface area contributed by atoms with E-state index in [0.29, 0.717) is 18.7 Å². The Balaban J connectivity index is 1.78. The SMILES string of the molecule is CCCCCCCCc1ccc(CNC=C(O)CC)c(-n2nc3ccccc3n2)c1. The summed E-state index contributed by atoms with van der Waals surface area (Å²) in [5.41, 5.74) is 5.19. The Morgan fingerprint density at radius 2 is 1.67 bits per heavy atom. The van der Waals surface area contributed by atoms with Crippen LogP contribution >= 0.6 is 0 Å². The fraction of sp³-hybridized carbons (Fsp3) is 0.440. The molecule has 3 rings (SSSR count). The normalized spacial score (nSPS) is 11.9. The van der Waals surface area contributed by atoms with Gasteiger partial charge in [0.05, 0.1) is 5.69 Å². The molecule has 2 N–H and O–H groups in total. The summed E-state index contributed by atoms with van der Waals surface area (Å²) in [5.74, 6) is 0.346. The Bertz CT molecular complexity index is 928. The van der Waals surface area contributed by atoms with Crippen LogP contribution in [-0.4, -0.2) is 20.1 Å². The fourth-order valence-corrected chi connectivity index (χ4v) is 3.56. The zero-order valence-electron chi connectivity index (χ0n) is 18.3. The number of aryl methyl sites for hydroxylation is 1. The molecule has 0 unspecified atom stereocenters. The molecule has 0 amide bonds. The minimum atomic E-state index is 0.346. The van der Waals surface area contributed by atoms with E-state index in [-0.39, 0.29) is 0 Å². The second kappa shape index (κ2) is 11.4. The largest absolute Gasteiger partial charge is 0.511 e. The van der Waals surface area contributed by atoms with E-state index in [1.54, 1.807) is 11.0 Å². The van der Waals surface area contributed by atoms with E-state index in [1.165, 1.54) is 44.1 Å². The number of nitrogens with one attached hydrogen (secondary N) is 1.